The summed E-state index contributed by atoms with van der Waals surface area (Å²) in [4.78, 5) is 14.7. The zero-order valence-electron chi connectivity index (χ0n) is 8.45. The van der Waals surface area contributed by atoms with E-state index in [1.54, 1.807) is 12.1 Å². The molecular formula is C12H6Cl2FNO. The lowest BCUT2D eigenvalue weighted by molar-refractivity contribution is 0.112. The van der Waals surface area contributed by atoms with Gasteiger partial charge >= 0.3 is 0 Å². The summed E-state index contributed by atoms with van der Waals surface area (Å²) in [6.07, 6.45) is 0.584. The van der Waals surface area contributed by atoms with E-state index in [2.05, 4.69) is 4.98 Å². The first-order chi connectivity index (χ1) is 8.10. The van der Waals surface area contributed by atoms with Gasteiger partial charge in [-0.25, -0.2) is 9.37 Å². The van der Waals surface area contributed by atoms with Crippen LogP contribution >= 0.6 is 23.2 Å². The Balaban J connectivity index is 2.63. The van der Waals surface area contributed by atoms with E-state index >= 15 is 0 Å². The second kappa shape index (κ2) is 4.82. The minimum absolute atomic E-state index is 0.216. The smallest absolute Gasteiger partial charge is 0.150 e. The van der Waals surface area contributed by atoms with E-state index in [9.17, 15) is 9.18 Å². The number of aromatic nitrogens is 1. The Morgan fingerprint density at radius 2 is 1.76 bits per heavy atom. The summed E-state index contributed by atoms with van der Waals surface area (Å²) in [5, 5.41) is 0.433. The van der Waals surface area contributed by atoms with Crippen LogP contribution in [0.2, 0.25) is 10.3 Å². The lowest BCUT2D eigenvalue weighted by atomic mass is 10.0. The van der Waals surface area contributed by atoms with Crippen molar-refractivity contribution in [3.63, 3.8) is 0 Å². The van der Waals surface area contributed by atoms with Crippen LogP contribution in [0.5, 0.6) is 0 Å². The molecule has 0 amide bonds. The van der Waals surface area contributed by atoms with E-state index in [1.807, 2.05) is 0 Å². The number of rotatable bonds is 2. The topological polar surface area (TPSA) is 30.0 Å². The van der Waals surface area contributed by atoms with Crippen molar-refractivity contribution in [1.29, 1.82) is 0 Å². The fourth-order valence-corrected chi connectivity index (χ4v) is 1.97. The minimum atomic E-state index is -0.470. The molecule has 2 rings (SSSR count). The van der Waals surface area contributed by atoms with E-state index < -0.39 is 5.82 Å². The maximum Gasteiger partial charge on any atom is 0.150 e. The molecule has 5 heteroatoms. The molecule has 0 atom stereocenters. The number of benzene rings is 1. The van der Waals surface area contributed by atoms with Crippen LogP contribution in [0.15, 0.2) is 30.3 Å². The fourth-order valence-electron chi connectivity index (χ4n) is 1.51. The Kier molecular flexibility index (Phi) is 3.41. The molecule has 0 saturated carbocycles. The Hall–Kier alpha value is -1.45. The number of nitrogens with zero attached hydrogens (tertiary/aromatic N) is 1. The Labute approximate surface area is 107 Å². The molecule has 0 fully saturated rings. The van der Waals surface area contributed by atoms with Crippen molar-refractivity contribution in [2.75, 3.05) is 0 Å². The van der Waals surface area contributed by atoms with Crippen LogP contribution in [0, 0.1) is 5.82 Å². The number of aldehydes is 1. The predicted octanol–water partition coefficient (Wildman–Crippen LogP) is 4.01. The van der Waals surface area contributed by atoms with Gasteiger partial charge in [-0.2, -0.15) is 0 Å². The molecule has 1 aromatic carbocycles. The molecule has 17 heavy (non-hydrogen) atoms. The van der Waals surface area contributed by atoms with Gasteiger partial charge in [0.1, 0.15) is 16.1 Å². The Bertz CT molecular complexity index is 566. The van der Waals surface area contributed by atoms with Gasteiger partial charge in [-0.05, 0) is 35.4 Å². The highest BCUT2D eigenvalue weighted by Crippen LogP contribution is 2.27. The predicted molar refractivity (Wildman–Crippen MR) is 65.0 cm³/mol. The average molecular weight is 270 g/mol. The number of pyridine rings is 1. The second-order valence-corrected chi connectivity index (χ2v) is 4.13. The molecule has 0 aliphatic carbocycles. The van der Waals surface area contributed by atoms with Gasteiger partial charge in [0.15, 0.2) is 6.29 Å². The monoisotopic (exact) mass is 269 g/mol. The van der Waals surface area contributed by atoms with Crippen LogP contribution in [0.25, 0.3) is 11.1 Å². The zero-order chi connectivity index (χ0) is 12.4. The molecule has 1 heterocycles. The number of hydrogen-bond acceptors (Lipinski definition) is 2. The van der Waals surface area contributed by atoms with Gasteiger partial charge in [-0.15, -0.1) is 0 Å². The number of hydrogen-bond donors (Lipinski definition) is 0. The van der Waals surface area contributed by atoms with Crippen LogP contribution in [-0.2, 0) is 0 Å². The first kappa shape index (κ1) is 12.0. The van der Waals surface area contributed by atoms with Crippen LogP contribution in [0.3, 0.4) is 0 Å². The molecular weight excluding hydrogens is 264 g/mol. The van der Waals surface area contributed by atoms with E-state index in [-0.39, 0.29) is 15.9 Å². The normalized spacial score (nSPS) is 10.3. The van der Waals surface area contributed by atoms with E-state index in [4.69, 9.17) is 23.2 Å². The highest BCUT2D eigenvalue weighted by molar-refractivity contribution is 6.32. The number of carbonyl (C=O) groups excluding carboxylic acids is 1. The van der Waals surface area contributed by atoms with Crippen molar-refractivity contribution in [3.05, 3.63) is 52.0 Å². The van der Waals surface area contributed by atoms with E-state index in [0.29, 0.717) is 17.4 Å². The van der Waals surface area contributed by atoms with Gasteiger partial charge in [0.05, 0.1) is 0 Å². The van der Waals surface area contributed by atoms with Crippen molar-refractivity contribution in [2.45, 2.75) is 0 Å². The summed E-state index contributed by atoms with van der Waals surface area (Å²) in [5.41, 5.74) is 1.42. The third kappa shape index (κ3) is 2.62. The van der Waals surface area contributed by atoms with Crippen LogP contribution in [0.1, 0.15) is 10.4 Å². The molecule has 2 nitrogen and oxygen atoms in total. The highest BCUT2D eigenvalue weighted by atomic mass is 35.5. The van der Waals surface area contributed by atoms with E-state index in [0.717, 1.165) is 6.07 Å². The molecule has 2 aromatic rings. The van der Waals surface area contributed by atoms with E-state index in [1.165, 1.54) is 12.1 Å². The van der Waals surface area contributed by atoms with Crippen LogP contribution < -0.4 is 0 Å². The first-order valence-corrected chi connectivity index (χ1v) is 5.44. The van der Waals surface area contributed by atoms with Crippen molar-refractivity contribution in [1.82, 2.24) is 4.98 Å². The summed E-state index contributed by atoms with van der Waals surface area (Å²) < 4.78 is 13.0. The summed E-state index contributed by atoms with van der Waals surface area (Å²) in [5.74, 6) is -0.470. The first-order valence-electron chi connectivity index (χ1n) is 4.68. The maximum absolute atomic E-state index is 13.0. The van der Waals surface area contributed by atoms with Gasteiger partial charge < -0.3 is 0 Å². The van der Waals surface area contributed by atoms with Gasteiger partial charge in [0.25, 0.3) is 0 Å². The van der Waals surface area contributed by atoms with Gasteiger partial charge in [0, 0.05) is 5.56 Å². The molecule has 0 aliphatic rings. The van der Waals surface area contributed by atoms with Crippen LogP contribution in [-0.4, -0.2) is 11.3 Å². The average Bonchev–Trinajstić information content (AvgIpc) is 2.27. The zero-order valence-corrected chi connectivity index (χ0v) is 9.97. The Morgan fingerprint density at radius 1 is 1.12 bits per heavy atom. The molecule has 0 aliphatic heterocycles. The lowest BCUT2D eigenvalue weighted by Crippen LogP contribution is -1.90. The largest absolute Gasteiger partial charge is 0.298 e. The SMILES string of the molecule is O=Cc1cc(F)ccc1-c1cc(Cl)nc(Cl)c1. The molecule has 0 N–H and O–H groups in total. The highest BCUT2D eigenvalue weighted by Gasteiger charge is 2.08. The van der Waals surface area contributed by atoms with Gasteiger partial charge in [-0.1, -0.05) is 29.3 Å². The number of carbonyl (C=O) groups is 1. The molecule has 0 bridgehead atoms. The third-order valence-corrected chi connectivity index (χ3v) is 2.60. The molecule has 1 aromatic heterocycles. The minimum Gasteiger partial charge on any atom is -0.298 e. The summed E-state index contributed by atoms with van der Waals surface area (Å²) in [6, 6.07) is 7.05. The quantitative estimate of drug-likeness (QED) is 0.609. The Morgan fingerprint density at radius 3 is 2.35 bits per heavy atom. The van der Waals surface area contributed by atoms with Gasteiger partial charge in [-0.3, -0.25) is 4.79 Å². The number of halogens is 3. The standard InChI is InChI=1S/C12H6Cl2FNO/c13-11-4-7(5-12(14)16-11)10-2-1-9(15)3-8(10)6-17/h1-6H. The molecule has 0 radical (unpaired) electrons. The second-order valence-electron chi connectivity index (χ2n) is 3.35. The maximum atomic E-state index is 13.0. The van der Waals surface area contributed by atoms with Crippen molar-refractivity contribution in [3.8, 4) is 11.1 Å². The van der Waals surface area contributed by atoms with Crippen molar-refractivity contribution < 1.29 is 9.18 Å². The molecule has 0 saturated heterocycles. The third-order valence-electron chi connectivity index (χ3n) is 2.21. The van der Waals surface area contributed by atoms with Crippen LogP contribution in [0.4, 0.5) is 4.39 Å². The molecule has 0 spiro atoms. The van der Waals surface area contributed by atoms with Gasteiger partial charge in [0.2, 0.25) is 0 Å². The summed E-state index contributed by atoms with van der Waals surface area (Å²) >= 11 is 11.5. The molecule has 0 unspecified atom stereocenters. The van der Waals surface area contributed by atoms with Crippen molar-refractivity contribution in [2.24, 2.45) is 0 Å². The summed E-state index contributed by atoms with van der Waals surface area (Å²) in [7, 11) is 0. The summed E-state index contributed by atoms with van der Waals surface area (Å²) in [6.45, 7) is 0. The van der Waals surface area contributed by atoms with Crippen molar-refractivity contribution >= 4 is 29.5 Å². The molecule has 86 valence electrons. The lowest BCUT2D eigenvalue weighted by Gasteiger charge is -2.06. The fraction of sp³-hybridized carbons (Fsp3) is 0.